The molecule has 1 fully saturated rings. The van der Waals surface area contributed by atoms with Crippen LogP contribution in [0.4, 0.5) is 0 Å². The van der Waals surface area contributed by atoms with E-state index < -0.39 is 71.8 Å². The first-order valence-electron chi connectivity index (χ1n) is 9.75. The number of ketones is 1. The maximum absolute atomic E-state index is 12.8. The van der Waals surface area contributed by atoms with Crippen LogP contribution in [0.15, 0.2) is 24.3 Å². The molecule has 1 saturated heterocycles. The molecule has 32 heavy (non-hydrogen) atoms. The largest absolute Gasteiger partial charge is 0.507 e. The quantitative estimate of drug-likeness (QED) is 0.287. The Balaban J connectivity index is 1.72. The van der Waals surface area contributed by atoms with Crippen LogP contribution in [0.25, 0.3) is 0 Å². The molecule has 2 aromatic carbocycles. The molecule has 0 bridgehead atoms. The summed E-state index contributed by atoms with van der Waals surface area (Å²) in [6, 6.07) is 4.93. The van der Waals surface area contributed by atoms with Crippen LogP contribution in [0.2, 0.25) is 0 Å². The zero-order chi connectivity index (χ0) is 23.3. The number of carbonyl (C=O) groups is 1. The van der Waals surface area contributed by atoms with Gasteiger partial charge in [-0.1, -0.05) is 6.07 Å². The fourth-order valence-corrected chi connectivity index (χ4v) is 4.02. The lowest BCUT2D eigenvalue weighted by molar-refractivity contribution is -0.232. The number of phenols is 4. The normalized spacial score (nSPS) is 29.9. The number of carbonyl (C=O) groups excluding carboxylic acids is 1. The van der Waals surface area contributed by atoms with Crippen LogP contribution < -0.4 is 4.74 Å². The standard InChI is InChI=1S/C21H22O11/c22-6-14-17(27)19(29)20(30)21(32-14)16-11(26)5-13-15(18(16)28)10(25)4-12(31-13)7-1-2-8(23)9(24)3-7/h1-3,5,12,14,17,19-24,26-30H,4,6H2/t12-,14-,17-,19+,20-,21-/m1/s1. The molecule has 2 aliphatic heterocycles. The average molecular weight is 450 g/mol. The Bertz CT molecular complexity index is 1050. The maximum atomic E-state index is 12.8. The lowest BCUT2D eigenvalue weighted by Crippen LogP contribution is -2.55. The van der Waals surface area contributed by atoms with Gasteiger partial charge in [0.25, 0.3) is 0 Å². The van der Waals surface area contributed by atoms with Gasteiger partial charge in [-0.15, -0.1) is 0 Å². The van der Waals surface area contributed by atoms with E-state index in [2.05, 4.69) is 0 Å². The molecule has 6 atom stereocenters. The van der Waals surface area contributed by atoms with E-state index in [0.717, 1.165) is 6.07 Å². The minimum Gasteiger partial charge on any atom is -0.507 e. The summed E-state index contributed by atoms with van der Waals surface area (Å²) < 4.78 is 11.1. The van der Waals surface area contributed by atoms with E-state index in [1.807, 2.05) is 0 Å². The van der Waals surface area contributed by atoms with Crippen molar-refractivity contribution in [1.29, 1.82) is 0 Å². The first kappa shape index (κ1) is 22.1. The average Bonchev–Trinajstić information content (AvgIpc) is 2.74. The van der Waals surface area contributed by atoms with Gasteiger partial charge in [0.05, 0.1) is 18.6 Å². The number of phenolic OH excluding ortho intramolecular Hbond substituents is 4. The third kappa shape index (κ3) is 3.49. The molecule has 4 rings (SSSR count). The summed E-state index contributed by atoms with van der Waals surface area (Å²) in [5.41, 5.74) is -0.316. The van der Waals surface area contributed by atoms with Gasteiger partial charge in [0.15, 0.2) is 17.3 Å². The van der Waals surface area contributed by atoms with Crippen molar-refractivity contribution in [2.24, 2.45) is 0 Å². The summed E-state index contributed by atoms with van der Waals surface area (Å²) in [5.74, 6) is -2.85. The van der Waals surface area contributed by atoms with Gasteiger partial charge in [-0.2, -0.15) is 0 Å². The number of ether oxygens (including phenoxy) is 2. The second kappa shape index (κ2) is 8.11. The van der Waals surface area contributed by atoms with Gasteiger partial charge in [0.1, 0.15) is 59.4 Å². The predicted molar refractivity (Wildman–Crippen MR) is 105 cm³/mol. The molecular weight excluding hydrogens is 428 g/mol. The van der Waals surface area contributed by atoms with Gasteiger partial charge in [-0.25, -0.2) is 0 Å². The summed E-state index contributed by atoms with van der Waals surface area (Å²) in [7, 11) is 0. The van der Waals surface area contributed by atoms with Crippen LogP contribution in [-0.2, 0) is 4.74 Å². The molecule has 11 heteroatoms. The maximum Gasteiger partial charge on any atom is 0.174 e. The Morgan fingerprint density at radius 2 is 1.62 bits per heavy atom. The Labute approximate surface area is 181 Å². The molecule has 8 N–H and O–H groups in total. The summed E-state index contributed by atoms with van der Waals surface area (Å²) >= 11 is 0. The van der Waals surface area contributed by atoms with Gasteiger partial charge in [0, 0.05) is 6.07 Å². The lowest BCUT2D eigenvalue weighted by atomic mass is 9.87. The van der Waals surface area contributed by atoms with Crippen molar-refractivity contribution in [3.05, 3.63) is 41.0 Å². The van der Waals surface area contributed by atoms with Crippen LogP contribution in [0.5, 0.6) is 28.7 Å². The minimum atomic E-state index is -1.78. The highest BCUT2D eigenvalue weighted by Gasteiger charge is 2.47. The molecule has 0 saturated carbocycles. The van der Waals surface area contributed by atoms with Crippen molar-refractivity contribution < 1.29 is 55.1 Å². The van der Waals surface area contributed by atoms with E-state index in [-0.39, 0.29) is 23.5 Å². The minimum absolute atomic E-state index is 0.165. The number of benzene rings is 2. The van der Waals surface area contributed by atoms with Gasteiger partial charge >= 0.3 is 0 Å². The third-order valence-electron chi connectivity index (χ3n) is 5.75. The molecule has 11 nitrogen and oxygen atoms in total. The van der Waals surface area contributed by atoms with E-state index in [9.17, 15) is 45.6 Å². The van der Waals surface area contributed by atoms with Crippen molar-refractivity contribution in [3.8, 4) is 28.7 Å². The van der Waals surface area contributed by atoms with Crippen molar-refractivity contribution in [1.82, 2.24) is 0 Å². The van der Waals surface area contributed by atoms with Crippen molar-refractivity contribution in [2.45, 2.75) is 43.0 Å². The Morgan fingerprint density at radius 3 is 2.28 bits per heavy atom. The molecule has 0 spiro atoms. The molecule has 2 heterocycles. The first-order chi connectivity index (χ1) is 15.1. The number of fused-ring (bicyclic) bond motifs is 1. The van der Waals surface area contributed by atoms with Gasteiger partial charge in [-0.05, 0) is 17.7 Å². The van der Waals surface area contributed by atoms with Gasteiger partial charge in [0.2, 0.25) is 0 Å². The Hall–Kier alpha value is -3.09. The van der Waals surface area contributed by atoms with E-state index in [1.165, 1.54) is 18.2 Å². The summed E-state index contributed by atoms with van der Waals surface area (Å²) in [4.78, 5) is 12.8. The molecule has 2 aliphatic rings. The molecular formula is C21H22O11. The number of hydrogen-bond acceptors (Lipinski definition) is 11. The molecule has 0 amide bonds. The summed E-state index contributed by atoms with van der Waals surface area (Å²) in [6.45, 7) is -0.711. The number of hydrogen-bond donors (Lipinski definition) is 8. The van der Waals surface area contributed by atoms with Gasteiger partial charge < -0.3 is 50.3 Å². The Morgan fingerprint density at radius 1 is 0.906 bits per heavy atom. The van der Waals surface area contributed by atoms with Crippen molar-refractivity contribution in [2.75, 3.05) is 6.61 Å². The molecule has 0 unspecified atom stereocenters. The highest BCUT2D eigenvalue weighted by atomic mass is 16.5. The fourth-order valence-electron chi connectivity index (χ4n) is 4.02. The number of aromatic hydroxyl groups is 4. The van der Waals surface area contributed by atoms with Crippen LogP contribution >= 0.6 is 0 Å². The fraction of sp³-hybridized carbons (Fsp3) is 0.381. The van der Waals surface area contributed by atoms with Crippen LogP contribution in [0, 0.1) is 0 Å². The second-order valence-corrected chi connectivity index (χ2v) is 7.76. The highest BCUT2D eigenvalue weighted by Crippen LogP contribution is 2.49. The number of Topliss-reactive ketones (excluding diaryl/α,β-unsaturated/α-hetero) is 1. The van der Waals surface area contributed by atoms with Crippen LogP contribution in [0.1, 0.15) is 40.1 Å². The van der Waals surface area contributed by atoms with E-state index in [1.54, 1.807) is 0 Å². The van der Waals surface area contributed by atoms with E-state index in [0.29, 0.717) is 5.56 Å². The summed E-state index contributed by atoms with van der Waals surface area (Å²) in [5, 5.41) is 80.1. The van der Waals surface area contributed by atoms with E-state index >= 15 is 0 Å². The monoisotopic (exact) mass is 450 g/mol. The molecule has 2 aromatic rings. The molecule has 0 aliphatic carbocycles. The topological polar surface area (TPSA) is 197 Å². The smallest absolute Gasteiger partial charge is 0.174 e. The molecule has 172 valence electrons. The van der Waals surface area contributed by atoms with Crippen molar-refractivity contribution in [3.63, 3.8) is 0 Å². The number of rotatable bonds is 3. The van der Waals surface area contributed by atoms with Gasteiger partial charge in [-0.3, -0.25) is 4.79 Å². The zero-order valence-corrected chi connectivity index (χ0v) is 16.5. The number of aliphatic hydroxyl groups excluding tert-OH is 4. The van der Waals surface area contributed by atoms with Crippen LogP contribution in [-0.4, -0.2) is 77.7 Å². The zero-order valence-electron chi connectivity index (χ0n) is 16.5. The van der Waals surface area contributed by atoms with Crippen molar-refractivity contribution >= 4 is 5.78 Å². The summed E-state index contributed by atoms with van der Waals surface area (Å²) in [6.07, 6.45) is -9.14. The van der Waals surface area contributed by atoms with E-state index in [4.69, 9.17) is 9.47 Å². The second-order valence-electron chi connectivity index (χ2n) is 7.76. The molecule has 0 radical (unpaired) electrons. The first-order valence-corrected chi connectivity index (χ1v) is 9.75. The number of aliphatic hydroxyl groups is 4. The third-order valence-corrected chi connectivity index (χ3v) is 5.75. The Kier molecular flexibility index (Phi) is 5.61. The highest BCUT2D eigenvalue weighted by molar-refractivity contribution is 6.03. The lowest BCUT2D eigenvalue weighted by Gasteiger charge is -2.40. The predicted octanol–water partition coefficient (Wildman–Crippen LogP) is -0.270. The molecule has 0 aromatic heterocycles. The SMILES string of the molecule is O=C1C[C@H](c2ccc(O)c(O)c2)Oc2cc(O)c([C@H]3O[C@H](CO)[C@@H](O)[C@H](O)[C@H]3O)c(O)c21. The van der Waals surface area contributed by atoms with Crippen LogP contribution in [0.3, 0.4) is 0 Å².